The molecule has 1 fully saturated rings. The van der Waals surface area contributed by atoms with Crippen LogP contribution in [0.1, 0.15) is 43.8 Å². The second-order valence-electron chi connectivity index (χ2n) is 5.37. The monoisotopic (exact) mass is 312 g/mol. The highest BCUT2D eigenvalue weighted by molar-refractivity contribution is 7.99. The van der Waals surface area contributed by atoms with Crippen molar-refractivity contribution in [2.24, 2.45) is 7.05 Å². The van der Waals surface area contributed by atoms with Crippen LogP contribution in [-0.4, -0.2) is 46.7 Å². The van der Waals surface area contributed by atoms with E-state index in [2.05, 4.69) is 15.5 Å². The molecule has 0 atom stereocenters. The molecule has 1 heterocycles. The predicted molar refractivity (Wildman–Crippen MR) is 82.4 cm³/mol. The molecule has 0 saturated heterocycles. The van der Waals surface area contributed by atoms with Gasteiger partial charge in [-0.3, -0.25) is 4.79 Å². The van der Waals surface area contributed by atoms with Crippen LogP contribution in [0.25, 0.3) is 0 Å². The number of nitrogens with zero attached hydrogens (tertiary/aromatic N) is 3. The maximum absolute atomic E-state index is 11.7. The number of rotatable bonds is 7. The second kappa shape index (κ2) is 8.38. The Hall–Kier alpha value is -1.08. The van der Waals surface area contributed by atoms with Gasteiger partial charge in [0.15, 0.2) is 5.16 Å². The number of nitrogens with one attached hydrogen (secondary N) is 1. The highest BCUT2D eigenvalue weighted by Crippen LogP contribution is 2.32. The Morgan fingerprint density at radius 3 is 2.86 bits per heavy atom. The molecule has 0 unspecified atom stereocenters. The van der Waals surface area contributed by atoms with Gasteiger partial charge in [-0.25, -0.2) is 0 Å². The number of thioether (sulfide) groups is 1. The van der Waals surface area contributed by atoms with E-state index in [-0.39, 0.29) is 5.91 Å². The summed E-state index contributed by atoms with van der Waals surface area (Å²) in [4.78, 5) is 11.7. The Bertz CT molecular complexity index is 458. The topological polar surface area (TPSA) is 69.0 Å². The van der Waals surface area contributed by atoms with E-state index >= 15 is 0 Å². The highest BCUT2D eigenvalue weighted by Gasteiger charge is 2.22. The van der Waals surface area contributed by atoms with Crippen molar-refractivity contribution in [2.45, 2.75) is 43.2 Å². The Kier molecular flexibility index (Phi) is 6.50. The van der Waals surface area contributed by atoms with E-state index in [9.17, 15) is 4.79 Å². The normalized spacial score (nSPS) is 16.1. The van der Waals surface area contributed by atoms with Gasteiger partial charge in [0.1, 0.15) is 5.82 Å². The van der Waals surface area contributed by atoms with Crippen LogP contribution in [0.3, 0.4) is 0 Å². The maximum Gasteiger partial charge on any atom is 0.230 e. The van der Waals surface area contributed by atoms with Crippen molar-refractivity contribution < 1.29 is 9.53 Å². The van der Waals surface area contributed by atoms with Crippen LogP contribution in [0.2, 0.25) is 0 Å². The van der Waals surface area contributed by atoms with E-state index in [4.69, 9.17) is 4.74 Å². The van der Waals surface area contributed by atoms with Crippen LogP contribution < -0.4 is 5.32 Å². The van der Waals surface area contributed by atoms with Crippen LogP contribution in [0.15, 0.2) is 5.16 Å². The first-order valence-corrected chi connectivity index (χ1v) is 8.48. The summed E-state index contributed by atoms with van der Waals surface area (Å²) >= 11 is 1.43. The van der Waals surface area contributed by atoms with Crippen molar-refractivity contribution in [3.63, 3.8) is 0 Å². The van der Waals surface area contributed by atoms with Crippen molar-refractivity contribution in [2.75, 3.05) is 26.0 Å². The van der Waals surface area contributed by atoms with E-state index < -0.39 is 0 Å². The van der Waals surface area contributed by atoms with E-state index in [1.54, 1.807) is 7.11 Å². The molecule has 1 N–H and O–H groups in total. The van der Waals surface area contributed by atoms with E-state index in [0.717, 1.165) is 11.0 Å². The maximum atomic E-state index is 11.7. The number of methoxy groups -OCH3 is 1. The zero-order chi connectivity index (χ0) is 15.1. The van der Waals surface area contributed by atoms with Crippen molar-refractivity contribution in [3.8, 4) is 0 Å². The van der Waals surface area contributed by atoms with Crippen molar-refractivity contribution in [3.05, 3.63) is 5.82 Å². The predicted octanol–water partition coefficient (Wildman–Crippen LogP) is 1.72. The molecule has 21 heavy (non-hydrogen) atoms. The summed E-state index contributed by atoms with van der Waals surface area (Å²) in [6.07, 6.45) is 6.30. The molecule has 0 radical (unpaired) electrons. The fourth-order valence-corrected chi connectivity index (χ4v) is 3.39. The molecule has 0 spiro atoms. The number of amides is 1. The van der Waals surface area contributed by atoms with E-state index in [1.807, 2.05) is 11.6 Å². The summed E-state index contributed by atoms with van der Waals surface area (Å²) in [6, 6.07) is 0. The zero-order valence-electron chi connectivity index (χ0n) is 12.8. The Balaban J connectivity index is 1.84. The van der Waals surface area contributed by atoms with Gasteiger partial charge < -0.3 is 14.6 Å². The van der Waals surface area contributed by atoms with Crippen molar-refractivity contribution in [1.29, 1.82) is 0 Å². The van der Waals surface area contributed by atoms with Gasteiger partial charge in [0.25, 0.3) is 0 Å². The van der Waals surface area contributed by atoms with E-state index in [0.29, 0.717) is 24.8 Å². The molecule has 1 saturated carbocycles. The minimum atomic E-state index is -0.000679. The number of carbonyl (C=O) groups excluding carboxylic acids is 1. The number of aromatic nitrogens is 3. The summed E-state index contributed by atoms with van der Waals surface area (Å²) < 4.78 is 6.94. The smallest absolute Gasteiger partial charge is 0.230 e. The molecule has 1 aliphatic rings. The fourth-order valence-electron chi connectivity index (χ4n) is 2.64. The first-order valence-electron chi connectivity index (χ1n) is 7.50. The lowest BCUT2D eigenvalue weighted by molar-refractivity contribution is -0.118. The zero-order valence-corrected chi connectivity index (χ0v) is 13.6. The summed E-state index contributed by atoms with van der Waals surface area (Å²) in [5.74, 6) is 1.96. The molecule has 0 bridgehead atoms. The van der Waals surface area contributed by atoms with Gasteiger partial charge in [-0.1, -0.05) is 31.0 Å². The highest BCUT2D eigenvalue weighted by atomic mass is 32.2. The minimum absolute atomic E-state index is 0.000679. The van der Waals surface area contributed by atoms with Gasteiger partial charge in [-0.15, -0.1) is 10.2 Å². The van der Waals surface area contributed by atoms with Crippen LogP contribution in [-0.2, 0) is 16.6 Å². The lowest BCUT2D eigenvalue weighted by atomic mass is 9.89. The van der Waals surface area contributed by atoms with Gasteiger partial charge in [-0.05, 0) is 12.8 Å². The SMILES string of the molecule is COCCNC(=O)CSc1nnc(C2CCCCC2)n1C. The third-order valence-electron chi connectivity index (χ3n) is 3.80. The Morgan fingerprint density at radius 1 is 1.38 bits per heavy atom. The average Bonchev–Trinajstić information content (AvgIpc) is 2.87. The fraction of sp³-hybridized carbons (Fsp3) is 0.786. The number of hydrogen-bond acceptors (Lipinski definition) is 5. The van der Waals surface area contributed by atoms with Gasteiger partial charge in [-0.2, -0.15) is 0 Å². The molecule has 1 aliphatic carbocycles. The van der Waals surface area contributed by atoms with Gasteiger partial charge in [0.2, 0.25) is 5.91 Å². The molecule has 0 aliphatic heterocycles. The lowest BCUT2D eigenvalue weighted by Gasteiger charge is -2.20. The molecular weight excluding hydrogens is 288 g/mol. The van der Waals surface area contributed by atoms with Crippen molar-refractivity contribution >= 4 is 17.7 Å². The van der Waals surface area contributed by atoms with Gasteiger partial charge in [0.05, 0.1) is 12.4 Å². The quantitative estimate of drug-likeness (QED) is 0.613. The van der Waals surface area contributed by atoms with Crippen LogP contribution in [0.5, 0.6) is 0 Å². The van der Waals surface area contributed by atoms with Crippen molar-refractivity contribution in [1.82, 2.24) is 20.1 Å². The van der Waals surface area contributed by atoms with Crippen LogP contribution in [0.4, 0.5) is 0 Å². The second-order valence-corrected chi connectivity index (χ2v) is 6.31. The molecule has 0 aromatic carbocycles. The summed E-state index contributed by atoms with van der Waals surface area (Å²) in [5, 5.41) is 12.2. The molecular formula is C14H24N4O2S. The molecule has 6 nitrogen and oxygen atoms in total. The minimum Gasteiger partial charge on any atom is -0.383 e. The molecule has 7 heteroatoms. The van der Waals surface area contributed by atoms with Crippen LogP contribution in [0, 0.1) is 0 Å². The number of ether oxygens (including phenoxy) is 1. The molecule has 2 rings (SSSR count). The molecule has 1 amide bonds. The Labute approximate surface area is 130 Å². The molecule has 1 aromatic rings. The Morgan fingerprint density at radius 2 is 2.14 bits per heavy atom. The average molecular weight is 312 g/mol. The molecule has 1 aromatic heterocycles. The standard InChI is InChI=1S/C14H24N4O2S/c1-18-13(11-6-4-3-5-7-11)16-17-14(18)21-10-12(19)15-8-9-20-2/h11H,3-10H2,1-2H3,(H,15,19). The van der Waals surface area contributed by atoms with E-state index in [1.165, 1.54) is 43.9 Å². The van der Waals surface area contributed by atoms with Crippen LogP contribution >= 0.6 is 11.8 Å². The number of carbonyl (C=O) groups is 1. The van der Waals surface area contributed by atoms with Gasteiger partial charge in [0, 0.05) is 26.6 Å². The lowest BCUT2D eigenvalue weighted by Crippen LogP contribution is -2.28. The largest absolute Gasteiger partial charge is 0.383 e. The summed E-state index contributed by atoms with van der Waals surface area (Å²) in [7, 11) is 3.61. The summed E-state index contributed by atoms with van der Waals surface area (Å²) in [5.41, 5.74) is 0. The first-order chi connectivity index (χ1) is 10.2. The number of hydrogen-bond donors (Lipinski definition) is 1. The first kappa shape index (κ1) is 16.3. The molecule has 118 valence electrons. The van der Waals surface area contributed by atoms with Gasteiger partial charge >= 0.3 is 0 Å². The third kappa shape index (κ3) is 4.71. The third-order valence-corrected chi connectivity index (χ3v) is 4.82. The summed E-state index contributed by atoms with van der Waals surface area (Å²) in [6.45, 7) is 1.08.